The van der Waals surface area contributed by atoms with Crippen molar-refractivity contribution in [2.75, 3.05) is 33.4 Å². The van der Waals surface area contributed by atoms with Gasteiger partial charge >= 0.3 is 0 Å². The summed E-state index contributed by atoms with van der Waals surface area (Å²) in [6, 6.07) is 7.25. The van der Waals surface area contributed by atoms with E-state index in [1.54, 1.807) is 19.2 Å². The first-order valence-electron chi connectivity index (χ1n) is 7.19. The molecule has 0 bridgehead atoms. The molecule has 0 aliphatic rings. The van der Waals surface area contributed by atoms with Gasteiger partial charge in [0, 0.05) is 26.8 Å². The molecule has 0 aliphatic carbocycles. The predicted octanol–water partition coefficient (Wildman–Crippen LogP) is 2.73. The Morgan fingerprint density at radius 3 is 2.71 bits per heavy atom. The van der Waals surface area contributed by atoms with Gasteiger partial charge in [0.15, 0.2) is 0 Å². The van der Waals surface area contributed by atoms with Crippen LogP contribution in [-0.2, 0) is 4.74 Å². The largest absolute Gasteiger partial charge is 0.489 e. The highest BCUT2D eigenvalue weighted by Gasteiger charge is 2.17. The van der Waals surface area contributed by atoms with Crippen molar-refractivity contribution in [2.24, 2.45) is 5.41 Å². The standard InChI is InChI=1S/C16H26ClNO3/c1-16(2,8-9-20-3)12-18-10-13(19)11-21-15-7-5-4-6-14(15)17/h4-7,13,18-19H,8-12H2,1-3H3. The number of methoxy groups -OCH3 is 1. The minimum atomic E-state index is -0.570. The van der Waals surface area contributed by atoms with Gasteiger partial charge in [-0.3, -0.25) is 0 Å². The first kappa shape index (κ1) is 18.2. The monoisotopic (exact) mass is 315 g/mol. The fraction of sp³-hybridized carbons (Fsp3) is 0.625. The molecule has 0 aromatic heterocycles. The van der Waals surface area contributed by atoms with Crippen LogP contribution in [0.4, 0.5) is 0 Å². The molecule has 120 valence electrons. The SMILES string of the molecule is COCCC(C)(C)CNCC(O)COc1ccccc1Cl. The second-order valence-electron chi connectivity index (χ2n) is 5.93. The summed E-state index contributed by atoms with van der Waals surface area (Å²) in [4.78, 5) is 0. The summed E-state index contributed by atoms with van der Waals surface area (Å²) in [5.41, 5.74) is 0.138. The predicted molar refractivity (Wildman–Crippen MR) is 86.1 cm³/mol. The zero-order valence-corrected chi connectivity index (χ0v) is 13.8. The molecule has 1 unspecified atom stereocenters. The van der Waals surface area contributed by atoms with Gasteiger partial charge in [-0.05, 0) is 24.0 Å². The van der Waals surface area contributed by atoms with Gasteiger partial charge < -0.3 is 19.9 Å². The number of hydrogen-bond acceptors (Lipinski definition) is 4. The molecule has 2 N–H and O–H groups in total. The molecule has 0 spiro atoms. The maximum absolute atomic E-state index is 9.92. The van der Waals surface area contributed by atoms with Crippen LogP contribution in [0.1, 0.15) is 20.3 Å². The van der Waals surface area contributed by atoms with Gasteiger partial charge in [0.25, 0.3) is 0 Å². The molecule has 0 amide bonds. The lowest BCUT2D eigenvalue weighted by Crippen LogP contribution is -2.37. The average molecular weight is 316 g/mol. The minimum absolute atomic E-state index is 0.138. The third-order valence-electron chi connectivity index (χ3n) is 3.23. The van der Waals surface area contributed by atoms with E-state index in [9.17, 15) is 5.11 Å². The van der Waals surface area contributed by atoms with Gasteiger partial charge in [0.2, 0.25) is 0 Å². The van der Waals surface area contributed by atoms with Crippen LogP contribution < -0.4 is 10.1 Å². The highest BCUT2D eigenvalue weighted by molar-refractivity contribution is 6.32. The van der Waals surface area contributed by atoms with Crippen molar-refractivity contribution < 1.29 is 14.6 Å². The normalized spacial score (nSPS) is 13.2. The number of benzene rings is 1. The van der Waals surface area contributed by atoms with Crippen molar-refractivity contribution in [1.82, 2.24) is 5.32 Å². The number of aliphatic hydroxyl groups excluding tert-OH is 1. The Balaban J connectivity index is 2.22. The Kier molecular flexibility index (Phi) is 8.04. The molecule has 5 heteroatoms. The molecule has 0 saturated heterocycles. The molecule has 1 aromatic rings. The molecular weight excluding hydrogens is 290 g/mol. The van der Waals surface area contributed by atoms with E-state index in [4.69, 9.17) is 21.1 Å². The van der Waals surface area contributed by atoms with E-state index in [1.165, 1.54) is 0 Å². The summed E-state index contributed by atoms with van der Waals surface area (Å²) in [7, 11) is 1.71. The third kappa shape index (κ3) is 7.67. The third-order valence-corrected chi connectivity index (χ3v) is 3.55. The number of rotatable bonds is 10. The molecule has 0 fully saturated rings. The van der Waals surface area contributed by atoms with E-state index in [0.29, 0.717) is 17.3 Å². The van der Waals surface area contributed by atoms with Crippen LogP contribution in [0.5, 0.6) is 5.75 Å². The molecule has 0 radical (unpaired) electrons. The van der Waals surface area contributed by atoms with Gasteiger partial charge in [0.1, 0.15) is 18.5 Å². The van der Waals surface area contributed by atoms with Crippen LogP contribution in [0.15, 0.2) is 24.3 Å². The van der Waals surface area contributed by atoms with Crippen LogP contribution >= 0.6 is 11.6 Å². The molecule has 4 nitrogen and oxygen atoms in total. The highest BCUT2D eigenvalue weighted by atomic mass is 35.5. The number of halogens is 1. The fourth-order valence-electron chi connectivity index (χ4n) is 1.85. The lowest BCUT2D eigenvalue weighted by Gasteiger charge is -2.25. The second-order valence-corrected chi connectivity index (χ2v) is 6.34. The van der Waals surface area contributed by atoms with Crippen LogP contribution in [0.3, 0.4) is 0 Å². The first-order valence-corrected chi connectivity index (χ1v) is 7.57. The van der Waals surface area contributed by atoms with Crippen LogP contribution in [0.25, 0.3) is 0 Å². The number of para-hydroxylation sites is 1. The van der Waals surface area contributed by atoms with E-state index in [0.717, 1.165) is 19.6 Å². The lowest BCUT2D eigenvalue weighted by atomic mass is 9.90. The molecule has 0 heterocycles. The molecule has 21 heavy (non-hydrogen) atoms. The smallest absolute Gasteiger partial charge is 0.138 e. The Morgan fingerprint density at radius 1 is 1.33 bits per heavy atom. The number of nitrogens with one attached hydrogen (secondary N) is 1. The summed E-state index contributed by atoms with van der Waals surface area (Å²) in [5, 5.41) is 13.7. The van der Waals surface area contributed by atoms with Gasteiger partial charge in [-0.1, -0.05) is 37.6 Å². The molecular formula is C16H26ClNO3. The molecule has 0 saturated carbocycles. The maximum Gasteiger partial charge on any atom is 0.138 e. The topological polar surface area (TPSA) is 50.7 Å². The van der Waals surface area contributed by atoms with E-state index in [1.807, 2.05) is 12.1 Å². The summed E-state index contributed by atoms with van der Waals surface area (Å²) in [5.74, 6) is 0.596. The van der Waals surface area contributed by atoms with E-state index >= 15 is 0 Å². The number of ether oxygens (including phenoxy) is 2. The van der Waals surface area contributed by atoms with Crippen LogP contribution in [-0.4, -0.2) is 44.6 Å². The average Bonchev–Trinajstić information content (AvgIpc) is 2.44. The maximum atomic E-state index is 9.92. The Hall–Kier alpha value is -0.810. The van der Waals surface area contributed by atoms with Crippen molar-refractivity contribution >= 4 is 11.6 Å². The summed E-state index contributed by atoms with van der Waals surface area (Å²) < 4.78 is 10.6. The molecule has 1 aromatic carbocycles. The van der Waals surface area contributed by atoms with Crippen LogP contribution in [0, 0.1) is 5.41 Å². The zero-order valence-electron chi connectivity index (χ0n) is 13.1. The second kappa shape index (κ2) is 9.26. The van der Waals surface area contributed by atoms with Crippen molar-refractivity contribution in [2.45, 2.75) is 26.4 Å². The summed E-state index contributed by atoms with van der Waals surface area (Å²) >= 11 is 5.99. The Bertz CT molecular complexity index is 412. The fourth-order valence-corrected chi connectivity index (χ4v) is 2.04. The van der Waals surface area contributed by atoms with Gasteiger partial charge in [0.05, 0.1) is 5.02 Å². The number of aliphatic hydroxyl groups is 1. The minimum Gasteiger partial charge on any atom is -0.489 e. The highest BCUT2D eigenvalue weighted by Crippen LogP contribution is 2.23. The Morgan fingerprint density at radius 2 is 2.05 bits per heavy atom. The van der Waals surface area contributed by atoms with Gasteiger partial charge in [-0.15, -0.1) is 0 Å². The quantitative estimate of drug-likeness (QED) is 0.697. The lowest BCUT2D eigenvalue weighted by molar-refractivity contribution is 0.100. The van der Waals surface area contributed by atoms with E-state index in [2.05, 4.69) is 19.2 Å². The van der Waals surface area contributed by atoms with Crippen molar-refractivity contribution in [1.29, 1.82) is 0 Å². The van der Waals surface area contributed by atoms with Gasteiger partial charge in [-0.25, -0.2) is 0 Å². The molecule has 1 atom stereocenters. The van der Waals surface area contributed by atoms with Crippen LogP contribution in [0.2, 0.25) is 5.02 Å². The van der Waals surface area contributed by atoms with Gasteiger partial charge in [-0.2, -0.15) is 0 Å². The molecule has 0 aliphatic heterocycles. The van der Waals surface area contributed by atoms with E-state index in [-0.39, 0.29) is 12.0 Å². The van der Waals surface area contributed by atoms with E-state index < -0.39 is 6.10 Å². The van der Waals surface area contributed by atoms with Crippen molar-refractivity contribution in [3.63, 3.8) is 0 Å². The molecule has 1 rings (SSSR count). The summed E-state index contributed by atoms with van der Waals surface area (Å²) in [6.45, 7) is 6.61. The number of hydrogen-bond donors (Lipinski definition) is 2. The first-order chi connectivity index (χ1) is 9.94. The zero-order chi connectivity index (χ0) is 15.7. The van der Waals surface area contributed by atoms with Crippen molar-refractivity contribution in [3.05, 3.63) is 29.3 Å². The summed E-state index contributed by atoms with van der Waals surface area (Å²) in [6.07, 6.45) is 0.405. The van der Waals surface area contributed by atoms with Crippen molar-refractivity contribution in [3.8, 4) is 5.75 Å². The Labute approximate surface area is 132 Å².